The van der Waals surface area contributed by atoms with E-state index in [1.165, 1.54) is 16.7 Å². The molecule has 1 rings (SSSR count). The van der Waals surface area contributed by atoms with Gasteiger partial charge >= 0.3 is 0 Å². The number of hydrogen-bond acceptors (Lipinski definition) is 4. The Morgan fingerprint density at radius 2 is 2.18 bits per heavy atom. The Balaban J connectivity index is 2.22. The summed E-state index contributed by atoms with van der Waals surface area (Å²) in [5, 5.41) is 2.10. The van der Waals surface area contributed by atoms with Crippen LogP contribution < -0.4 is 4.72 Å². The lowest BCUT2D eigenvalue weighted by molar-refractivity contribution is 0.325. The topological polar surface area (TPSA) is 49.4 Å². The van der Waals surface area contributed by atoms with E-state index in [9.17, 15) is 8.42 Å². The van der Waals surface area contributed by atoms with Crippen LogP contribution in [0.3, 0.4) is 0 Å². The van der Waals surface area contributed by atoms with Crippen molar-refractivity contribution in [3.8, 4) is 0 Å². The van der Waals surface area contributed by atoms with Gasteiger partial charge in [0.2, 0.25) is 10.0 Å². The Hall–Kier alpha value is -0.430. The highest BCUT2D eigenvalue weighted by Gasteiger charge is 2.05. The average Bonchev–Trinajstić information content (AvgIpc) is 2.58. The van der Waals surface area contributed by atoms with Gasteiger partial charge in [0.1, 0.15) is 0 Å². The van der Waals surface area contributed by atoms with Crippen LogP contribution in [0.4, 0.5) is 0 Å². The van der Waals surface area contributed by atoms with Crippen molar-refractivity contribution in [1.82, 2.24) is 9.62 Å². The molecule has 6 heteroatoms. The zero-order valence-corrected chi connectivity index (χ0v) is 12.2. The molecule has 0 saturated carbocycles. The normalized spacial score (nSPS) is 12.2. The Kier molecular flexibility index (Phi) is 5.58. The third-order valence-corrected chi connectivity index (χ3v) is 4.20. The van der Waals surface area contributed by atoms with Crippen molar-refractivity contribution in [1.29, 1.82) is 0 Å². The van der Waals surface area contributed by atoms with Gasteiger partial charge in [-0.15, -0.1) is 11.3 Å². The highest BCUT2D eigenvalue weighted by atomic mass is 32.2. The summed E-state index contributed by atoms with van der Waals surface area (Å²) < 4.78 is 24.2. The van der Waals surface area contributed by atoms with Gasteiger partial charge < -0.3 is 4.90 Å². The molecule has 0 spiro atoms. The molecule has 98 valence electrons. The smallest absolute Gasteiger partial charge is 0.208 e. The molecule has 0 aliphatic rings. The maximum Gasteiger partial charge on any atom is 0.208 e. The lowest BCUT2D eigenvalue weighted by Gasteiger charge is -2.16. The van der Waals surface area contributed by atoms with Crippen LogP contribution in [0.1, 0.15) is 16.9 Å². The first kappa shape index (κ1) is 14.6. The minimum atomic E-state index is -3.05. The van der Waals surface area contributed by atoms with Crippen LogP contribution in [0.5, 0.6) is 0 Å². The summed E-state index contributed by atoms with van der Waals surface area (Å²) in [7, 11) is -0.990. The highest BCUT2D eigenvalue weighted by Crippen LogP contribution is 2.17. The summed E-state index contributed by atoms with van der Waals surface area (Å²) in [4.78, 5) is 3.59. The number of sulfonamides is 1. The predicted molar refractivity (Wildman–Crippen MR) is 72.9 cm³/mol. The largest absolute Gasteiger partial charge is 0.301 e. The van der Waals surface area contributed by atoms with E-state index in [1.54, 1.807) is 11.3 Å². The van der Waals surface area contributed by atoms with Crippen LogP contribution in [0.2, 0.25) is 0 Å². The molecule has 0 amide bonds. The second kappa shape index (κ2) is 6.49. The van der Waals surface area contributed by atoms with Crippen molar-refractivity contribution in [2.45, 2.75) is 19.9 Å². The summed E-state index contributed by atoms with van der Waals surface area (Å²) >= 11 is 1.77. The van der Waals surface area contributed by atoms with Crippen molar-refractivity contribution in [3.63, 3.8) is 0 Å². The van der Waals surface area contributed by atoms with Crippen LogP contribution in [-0.4, -0.2) is 39.7 Å². The molecule has 0 fully saturated rings. The second-order valence-electron chi connectivity index (χ2n) is 4.28. The minimum Gasteiger partial charge on any atom is -0.301 e. The van der Waals surface area contributed by atoms with Gasteiger partial charge in [-0.3, -0.25) is 0 Å². The van der Waals surface area contributed by atoms with E-state index in [0.717, 1.165) is 19.5 Å². The van der Waals surface area contributed by atoms with Crippen LogP contribution in [0.15, 0.2) is 11.4 Å². The molecule has 0 bridgehead atoms. The van der Waals surface area contributed by atoms with Gasteiger partial charge in [0, 0.05) is 18.0 Å². The molecular formula is C11H20N2O2S2. The standard InChI is InChI=1S/C11H20N2O2S2/c1-10-5-8-16-11(10)9-13(2)7-4-6-12-17(3,14)15/h5,8,12H,4,6-7,9H2,1-3H3. The first-order valence-corrected chi connectivity index (χ1v) is 8.32. The Morgan fingerprint density at radius 1 is 1.47 bits per heavy atom. The molecule has 0 saturated heterocycles. The summed E-state index contributed by atoms with van der Waals surface area (Å²) in [6, 6.07) is 2.12. The molecule has 17 heavy (non-hydrogen) atoms. The van der Waals surface area contributed by atoms with Gasteiger partial charge in [0.15, 0.2) is 0 Å². The maximum absolute atomic E-state index is 10.9. The molecule has 0 aliphatic heterocycles. The van der Waals surface area contributed by atoms with E-state index in [2.05, 4.69) is 35.0 Å². The van der Waals surface area contributed by atoms with E-state index < -0.39 is 10.0 Å². The summed E-state index contributed by atoms with van der Waals surface area (Å²) in [5.74, 6) is 0. The minimum absolute atomic E-state index is 0.507. The van der Waals surface area contributed by atoms with Gasteiger partial charge in [0.25, 0.3) is 0 Å². The van der Waals surface area contributed by atoms with E-state index in [1.807, 2.05) is 0 Å². The van der Waals surface area contributed by atoms with E-state index in [-0.39, 0.29) is 0 Å². The summed E-state index contributed by atoms with van der Waals surface area (Å²) in [5.41, 5.74) is 1.33. The molecule has 1 heterocycles. The molecule has 1 aromatic rings. The molecule has 0 aliphatic carbocycles. The molecule has 0 unspecified atom stereocenters. The van der Waals surface area contributed by atoms with Gasteiger partial charge in [-0.2, -0.15) is 0 Å². The van der Waals surface area contributed by atoms with Crippen molar-refractivity contribution >= 4 is 21.4 Å². The molecule has 4 nitrogen and oxygen atoms in total. The second-order valence-corrected chi connectivity index (χ2v) is 7.12. The quantitative estimate of drug-likeness (QED) is 0.766. The molecular weight excluding hydrogens is 256 g/mol. The number of hydrogen-bond donors (Lipinski definition) is 1. The first-order valence-electron chi connectivity index (χ1n) is 5.54. The Morgan fingerprint density at radius 3 is 2.71 bits per heavy atom. The van der Waals surface area contributed by atoms with Gasteiger partial charge in [-0.1, -0.05) is 0 Å². The Bertz CT molecular complexity index is 440. The average molecular weight is 276 g/mol. The predicted octanol–water partition coefficient (Wildman–Crippen LogP) is 1.43. The van der Waals surface area contributed by atoms with Crippen molar-refractivity contribution < 1.29 is 8.42 Å². The zero-order chi connectivity index (χ0) is 12.9. The number of nitrogens with zero attached hydrogens (tertiary/aromatic N) is 1. The molecule has 0 radical (unpaired) electrons. The van der Waals surface area contributed by atoms with Gasteiger partial charge in [0.05, 0.1) is 6.26 Å². The zero-order valence-electron chi connectivity index (χ0n) is 10.6. The van der Waals surface area contributed by atoms with Crippen LogP contribution in [0.25, 0.3) is 0 Å². The van der Waals surface area contributed by atoms with Crippen molar-refractivity contribution in [2.75, 3.05) is 26.4 Å². The van der Waals surface area contributed by atoms with Crippen LogP contribution in [-0.2, 0) is 16.6 Å². The van der Waals surface area contributed by atoms with Gasteiger partial charge in [-0.05, 0) is 43.9 Å². The first-order chi connectivity index (χ1) is 7.88. The fraction of sp³-hybridized carbons (Fsp3) is 0.636. The SMILES string of the molecule is Cc1ccsc1CN(C)CCCNS(C)(=O)=O. The fourth-order valence-electron chi connectivity index (χ4n) is 1.50. The molecule has 0 aromatic carbocycles. The Labute approximate surface area is 108 Å². The molecule has 0 atom stereocenters. The van der Waals surface area contributed by atoms with Gasteiger partial charge in [-0.25, -0.2) is 13.1 Å². The van der Waals surface area contributed by atoms with E-state index >= 15 is 0 Å². The number of nitrogens with one attached hydrogen (secondary N) is 1. The molecule has 1 N–H and O–H groups in total. The lowest BCUT2D eigenvalue weighted by atomic mass is 10.3. The number of aryl methyl sites for hydroxylation is 1. The fourth-order valence-corrected chi connectivity index (χ4v) is 3.00. The summed E-state index contributed by atoms with van der Waals surface area (Å²) in [6.07, 6.45) is 2.01. The van der Waals surface area contributed by atoms with Crippen LogP contribution >= 0.6 is 11.3 Å². The monoisotopic (exact) mass is 276 g/mol. The number of thiophene rings is 1. The van der Waals surface area contributed by atoms with Crippen molar-refractivity contribution in [2.24, 2.45) is 0 Å². The number of rotatable bonds is 7. The molecule has 1 aromatic heterocycles. The summed E-state index contributed by atoms with van der Waals surface area (Å²) in [6.45, 7) is 4.44. The highest BCUT2D eigenvalue weighted by molar-refractivity contribution is 7.88. The third-order valence-electron chi connectivity index (χ3n) is 2.46. The van der Waals surface area contributed by atoms with E-state index in [4.69, 9.17) is 0 Å². The van der Waals surface area contributed by atoms with Crippen LogP contribution in [0, 0.1) is 6.92 Å². The van der Waals surface area contributed by atoms with E-state index in [0.29, 0.717) is 6.54 Å². The van der Waals surface area contributed by atoms with Crippen molar-refractivity contribution in [3.05, 3.63) is 21.9 Å². The third kappa shape index (κ3) is 6.16. The lowest BCUT2D eigenvalue weighted by Crippen LogP contribution is -2.27. The maximum atomic E-state index is 10.9.